The molecule has 1 aliphatic rings. The van der Waals surface area contributed by atoms with Gasteiger partial charge < -0.3 is 14.8 Å². The van der Waals surface area contributed by atoms with Crippen LogP contribution >= 0.6 is 11.8 Å². The molecule has 0 radical (unpaired) electrons. The summed E-state index contributed by atoms with van der Waals surface area (Å²) in [6.45, 7) is 3.17. The number of anilines is 1. The molecule has 1 fully saturated rings. The Bertz CT molecular complexity index is 1250. The molecule has 1 aromatic heterocycles. The maximum Gasteiger partial charge on any atom is 0.243 e. The van der Waals surface area contributed by atoms with Gasteiger partial charge in [0, 0.05) is 24.5 Å². The smallest absolute Gasteiger partial charge is 0.243 e. The fourth-order valence-electron chi connectivity index (χ4n) is 3.39. The van der Waals surface area contributed by atoms with Crippen LogP contribution in [0, 0.1) is 6.92 Å². The van der Waals surface area contributed by atoms with Crippen molar-refractivity contribution in [2.75, 3.05) is 44.5 Å². The first-order valence-electron chi connectivity index (χ1n) is 10.5. The number of aromatic nitrogens is 3. The van der Waals surface area contributed by atoms with Gasteiger partial charge in [0.15, 0.2) is 5.16 Å². The number of rotatable bonds is 8. The van der Waals surface area contributed by atoms with E-state index in [-0.39, 0.29) is 16.6 Å². The minimum absolute atomic E-state index is 0.0781. The van der Waals surface area contributed by atoms with Gasteiger partial charge >= 0.3 is 0 Å². The van der Waals surface area contributed by atoms with Gasteiger partial charge in [0.2, 0.25) is 15.9 Å². The normalized spacial score (nSPS) is 14.6. The number of ether oxygens (including phenoxy) is 2. The molecular formula is C22H25N5O5S2. The zero-order chi connectivity index (χ0) is 24.1. The number of benzene rings is 2. The van der Waals surface area contributed by atoms with Crippen molar-refractivity contribution in [3.05, 3.63) is 54.4 Å². The van der Waals surface area contributed by atoms with Crippen LogP contribution in [0.4, 0.5) is 5.69 Å². The summed E-state index contributed by atoms with van der Waals surface area (Å²) in [5, 5.41) is 11.4. The van der Waals surface area contributed by atoms with E-state index in [1.165, 1.54) is 22.1 Å². The number of hydrogen-bond acceptors (Lipinski definition) is 8. The highest BCUT2D eigenvalue weighted by atomic mass is 32.2. The van der Waals surface area contributed by atoms with Crippen molar-refractivity contribution in [2.24, 2.45) is 0 Å². The van der Waals surface area contributed by atoms with Gasteiger partial charge in [-0.2, -0.15) is 4.31 Å². The molecule has 0 spiro atoms. The Morgan fingerprint density at radius 2 is 1.91 bits per heavy atom. The molecule has 34 heavy (non-hydrogen) atoms. The summed E-state index contributed by atoms with van der Waals surface area (Å²) in [7, 11) is -2.06. The molecule has 0 unspecified atom stereocenters. The van der Waals surface area contributed by atoms with E-state index in [1.807, 2.05) is 31.2 Å². The van der Waals surface area contributed by atoms with E-state index >= 15 is 0 Å². The fraction of sp³-hybridized carbons (Fsp3) is 0.318. The molecule has 1 aliphatic heterocycles. The fourth-order valence-corrected chi connectivity index (χ4v) is 5.56. The number of amides is 1. The molecule has 180 valence electrons. The SMILES string of the molecule is COc1ccc(-n2cnnc2SCC(=O)Nc2cc(S(=O)(=O)N3CCOCC3)ccc2C)cc1. The summed E-state index contributed by atoms with van der Waals surface area (Å²) in [5.41, 5.74) is 2.06. The van der Waals surface area contributed by atoms with E-state index in [2.05, 4.69) is 15.5 Å². The molecule has 10 nitrogen and oxygen atoms in total. The Kier molecular flexibility index (Phi) is 7.51. The second-order valence-corrected chi connectivity index (χ2v) is 10.4. The standard InChI is InChI=1S/C22H25N5O5S2/c1-16-3-8-19(34(29,30)26-9-11-32-12-10-26)13-20(16)24-21(28)14-33-22-25-23-15-27(22)17-4-6-18(31-2)7-5-17/h3-8,13,15H,9-12,14H2,1-2H3,(H,24,28). The Morgan fingerprint density at radius 1 is 1.18 bits per heavy atom. The van der Waals surface area contributed by atoms with E-state index in [1.54, 1.807) is 30.1 Å². The van der Waals surface area contributed by atoms with Gasteiger partial charge in [-0.3, -0.25) is 9.36 Å². The first-order valence-corrected chi connectivity index (χ1v) is 13.0. The highest BCUT2D eigenvalue weighted by molar-refractivity contribution is 7.99. The molecule has 12 heteroatoms. The minimum Gasteiger partial charge on any atom is -0.497 e. The van der Waals surface area contributed by atoms with Crippen LogP contribution in [0.5, 0.6) is 5.75 Å². The summed E-state index contributed by atoms with van der Waals surface area (Å²) in [5.74, 6) is 0.534. The highest BCUT2D eigenvalue weighted by Crippen LogP contribution is 2.25. The maximum absolute atomic E-state index is 13.0. The van der Waals surface area contributed by atoms with Crippen LogP contribution in [-0.4, -0.2) is 72.6 Å². The predicted octanol–water partition coefficient (Wildman–Crippen LogP) is 2.34. The number of carbonyl (C=O) groups is 1. The number of methoxy groups -OCH3 is 1. The molecule has 2 heterocycles. The lowest BCUT2D eigenvalue weighted by atomic mass is 10.2. The maximum atomic E-state index is 13.0. The van der Waals surface area contributed by atoms with Gasteiger partial charge in [-0.05, 0) is 48.9 Å². The summed E-state index contributed by atoms with van der Waals surface area (Å²) in [6, 6.07) is 12.2. The van der Waals surface area contributed by atoms with Crippen LogP contribution < -0.4 is 10.1 Å². The molecule has 2 aromatic carbocycles. The van der Waals surface area contributed by atoms with E-state index in [4.69, 9.17) is 9.47 Å². The molecule has 1 saturated heterocycles. The van der Waals surface area contributed by atoms with E-state index < -0.39 is 10.0 Å². The van der Waals surface area contributed by atoms with Gasteiger partial charge in [0.25, 0.3) is 0 Å². The number of nitrogens with one attached hydrogen (secondary N) is 1. The van der Waals surface area contributed by atoms with Crippen molar-refractivity contribution in [1.82, 2.24) is 19.1 Å². The summed E-state index contributed by atoms with van der Waals surface area (Å²) < 4.78 is 39.5. The third-order valence-corrected chi connectivity index (χ3v) is 8.13. The third-order valence-electron chi connectivity index (χ3n) is 5.29. The minimum atomic E-state index is -3.66. The molecule has 0 atom stereocenters. The quantitative estimate of drug-likeness (QED) is 0.466. The molecule has 1 N–H and O–H groups in total. The van der Waals surface area contributed by atoms with Gasteiger partial charge in [0.1, 0.15) is 12.1 Å². The number of carbonyl (C=O) groups excluding carboxylic acids is 1. The number of hydrogen-bond donors (Lipinski definition) is 1. The number of thioether (sulfide) groups is 1. The Labute approximate surface area is 202 Å². The topological polar surface area (TPSA) is 116 Å². The average molecular weight is 504 g/mol. The van der Waals surface area contributed by atoms with Crippen molar-refractivity contribution in [2.45, 2.75) is 17.0 Å². The molecule has 1 amide bonds. The Morgan fingerprint density at radius 3 is 2.62 bits per heavy atom. The second kappa shape index (κ2) is 10.6. The summed E-state index contributed by atoms with van der Waals surface area (Å²) >= 11 is 1.23. The van der Waals surface area contributed by atoms with E-state index in [0.29, 0.717) is 37.1 Å². The van der Waals surface area contributed by atoms with Gasteiger partial charge in [-0.25, -0.2) is 8.42 Å². The van der Waals surface area contributed by atoms with Crippen molar-refractivity contribution >= 4 is 33.4 Å². The summed E-state index contributed by atoms with van der Waals surface area (Å²) in [4.78, 5) is 12.8. The number of sulfonamides is 1. The Balaban J connectivity index is 1.43. The number of nitrogens with zero attached hydrogens (tertiary/aromatic N) is 4. The van der Waals surface area contributed by atoms with Crippen LogP contribution in [0.2, 0.25) is 0 Å². The van der Waals surface area contributed by atoms with Crippen LogP contribution in [-0.2, 0) is 19.6 Å². The molecule has 0 bridgehead atoms. The molecular weight excluding hydrogens is 478 g/mol. The Hall–Kier alpha value is -2.93. The molecule has 0 aliphatic carbocycles. The first kappa shape index (κ1) is 24.2. The highest BCUT2D eigenvalue weighted by Gasteiger charge is 2.27. The zero-order valence-electron chi connectivity index (χ0n) is 18.8. The lowest BCUT2D eigenvalue weighted by Crippen LogP contribution is -2.40. The molecule has 3 aromatic rings. The van der Waals surface area contributed by atoms with Crippen molar-refractivity contribution in [3.63, 3.8) is 0 Å². The monoisotopic (exact) mass is 503 g/mol. The second-order valence-electron chi connectivity index (χ2n) is 7.51. The van der Waals surface area contributed by atoms with Crippen LogP contribution in [0.1, 0.15) is 5.56 Å². The van der Waals surface area contributed by atoms with Gasteiger partial charge in [-0.1, -0.05) is 17.8 Å². The van der Waals surface area contributed by atoms with Crippen molar-refractivity contribution in [1.29, 1.82) is 0 Å². The lowest BCUT2D eigenvalue weighted by Gasteiger charge is -2.26. The zero-order valence-corrected chi connectivity index (χ0v) is 20.4. The third kappa shape index (κ3) is 5.41. The van der Waals surface area contributed by atoms with Gasteiger partial charge in [0.05, 0.1) is 31.0 Å². The van der Waals surface area contributed by atoms with E-state index in [0.717, 1.165) is 17.0 Å². The van der Waals surface area contributed by atoms with Gasteiger partial charge in [-0.15, -0.1) is 10.2 Å². The number of aryl methyl sites for hydroxylation is 1. The van der Waals surface area contributed by atoms with Crippen LogP contribution in [0.15, 0.2) is 58.8 Å². The molecule has 4 rings (SSSR count). The van der Waals surface area contributed by atoms with Crippen molar-refractivity contribution < 1.29 is 22.7 Å². The molecule has 0 saturated carbocycles. The largest absolute Gasteiger partial charge is 0.497 e. The first-order chi connectivity index (χ1) is 16.4. The number of morpholine rings is 1. The summed E-state index contributed by atoms with van der Waals surface area (Å²) in [6.07, 6.45) is 1.58. The van der Waals surface area contributed by atoms with Crippen molar-refractivity contribution in [3.8, 4) is 11.4 Å². The average Bonchev–Trinajstić information content (AvgIpc) is 3.33. The van der Waals surface area contributed by atoms with Crippen LogP contribution in [0.3, 0.4) is 0 Å². The van der Waals surface area contributed by atoms with E-state index in [9.17, 15) is 13.2 Å². The van der Waals surface area contributed by atoms with Crippen LogP contribution in [0.25, 0.3) is 5.69 Å². The predicted molar refractivity (Wildman–Crippen MR) is 128 cm³/mol. The lowest BCUT2D eigenvalue weighted by molar-refractivity contribution is -0.113.